The molecule has 0 unspecified atom stereocenters. The number of thiophene rings is 1. The monoisotopic (exact) mass is 431 g/mol. The van der Waals surface area contributed by atoms with E-state index in [0.29, 0.717) is 5.56 Å². The summed E-state index contributed by atoms with van der Waals surface area (Å²) in [6, 6.07) is 34.2. The predicted octanol–water partition coefficient (Wildman–Crippen LogP) is 8.45. The average Bonchev–Trinajstić information content (AvgIpc) is 3.23. The predicted molar refractivity (Wildman–Crippen MR) is 134 cm³/mol. The molecule has 152 valence electrons. The number of nitrogens with zero attached hydrogens (tertiary/aromatic N) is 1. The van der Waals surface area contributed by atoms with E-state index in [0.717, 1.165) is 27.5 Å². The molecule has 1 heterocycles. The summed E-state index contributed by atoms with van der Waals surface area (Å²) in [5.74, 6) is 0. The molecule has 0 spiro atoms. The maximum atomic E-state index is 11.8. The Morgan fingerprint density at radius 1 is 0.625 bits per heavy atom. The van der Waals surface area contributed by atoms with E-state index >= 15 is 0 Å². The minimum Gasteiger partial charge on any atom is -0.258 e. The molecule has 0 aliphatic rings. The number of rotatable bonds is 3. The van der Waals surface area contributed by atoms with Crippen molar-refractivity contribution in [2.45, 2.75) is 0 Å². The van der Waals surface area contributed by atoms with Crippen LogP contribution in [0.25, 0.3) is 53.2 Å². The van der Waals surface area contributed by atoms with Gasteiger partial charge in [0.2, 0.25) is 0 Å². The van der Waals surface area contributed by atoms with Crippen LogP contribution in [0.15, 0.2) is 103 Å². The number of hydrogen-bond acceptors (Lipinski definition) is 3. The molecular weight excluding hydrogens is 414 g/mol. The lowest BCUT2D eigenvalue weighted by molar-refractivity contribution is -0.384. The molecule has 0 radical (unpaired) electrons. The lowest BCUT2D eigenvalue weighted by Crippen LogP contribution is -1.93. The second-order valence-electron chi connectivity index (χ2n) is 7.83. The van der Waals surface area contributed by atoms with Crippen LogP contribution in [0, 0.1) is 10.1 Å². The highest BCUT2D eigenvalue weighted by Crippen LogP contribution is 2.41. The van der Waals surface area contributed by atoms with E-state index in [4.69, 9.17) is 0 Å². The lowest BCUT2D eigenvalue weighted by Gasteiger charge is -2.09. The minimum absolute atomic E-state index is 0.118. The quantitative estimate of drug-likeness (QED) is 0.208. The van der Waals surface area contributed by atoms with Crippen LogP contribution in [0.2, 0.25) is 0 Å². The fourth-order valence-electron chi connectivity index (χ4n) is 4.41. The van der Waals surface area contributed by atoms with E-state index in [2.05, 4.69) is 48.5 Å². The van der Waals surface area contributed by atoms with Crippen molar-refractivity contribution >= 4 is 48.0 Å². The van der Waals surface area contributed by atoms with Crippen molar-refractivity contribution in [1.82, 2.24) is 0 Å². The third-order valence-corrected chi connectivity index (χ3v) is 7.19. The van der Waals surface area contributed by atoms with Crippen molar-refractivity contribution in [3.8, 4) is 22.3 Å². The van der Waals surface area contributed by atoms with Crippen LogP contribution in [-0.2, 0) is 0 Å². The summed E-state index contributed by atoms with van der Waals surface area (Å²) in [6.07, 6.45) is 0. The van der Waals surface area contributed by atoms with Gasteiger partial charge in [0.05, 0.1) is 10.5 Å². The van der Waals surface area contributed by atoms with E-state index < -0.39 is 0 Å². The van der Waals surface area contributed by atoms with Gasteiger partial charge in [-0.25, -0.2) is 0 Å². The second-order valence-corrected chi connectivity index (χ2v) is 8.88. The zero-order valence-electron chi connectivity index (χ0n) is 17.0. The molecule has 4 heteroatoms. The third kappa shape index (κ3) is 2.96. The van der Waals surface area contributed by atoms with E-state index in [9.17, 15) is 10.1 Å². The van der Waals surface area contributed by atoms with Crippen molar-refractivity contribution in [2.75, 3.05) is 0 Å². The maximum absolute atomic E-state index is 11.8. The highest BCUT2D eigenvalue weighted by molar-refractivity contribution is 7.26. The van der Waals surface area contributed by atoms with Gasteiger partial charge in [-0.1, -0.05) is 72.8 Å². The maximum Gasteiger partial charge on any atom is 0.277 e. The highest BCUT2D eigenvalue weighted by atomic mass is 32.1. The standard InChI is InChI=1S/C28H17NO2S/c30-29(31)26-15-13-20(18-6-2-1-3-7-18)16-24(26)21-11-10-19-12-14-23-22-8-4-5-9-27(22)32-28(23)25(19)17-21/h1-17H. The zero-order valence-corrected chi connectivity index (χ0v) is 17.8. The van der Waals surface area contributed by atoms with Crippen molar-refractivity contribution in [3.63, 3.8) is 0 Å². The summed E-state index contributed by atoms with van der Waals surface area (Å²) in [7, 11) is 0. The molecular formula is C28H17NO2S. The fourth-order valence-corrected chi connectivity index (χ4v) is 5.64. The first-order valence-corrected chi connectivity index (χ1v) is 11.2. The normalized spacial score (nSPS) is 11.4. The van der Waals surface area contributed by atoms with E-state index in [1.807, 2.05) is 48.5 Å². The van der Waals surface area contributed by atoms with Crippen LogP contribution in [0.4, 0.5) is 5.69 Å². The largest absolute Gasteiger partial charge is 0.277 e. The van der Waals surface area contributed by atoms with E-state index in [1.165, 1.54) is 20.2 Å². The average molecular weight is 432 g/mol. The Kier molecular flexibility index (Phi) is 4.27. The molecule has 0 fully saturated rings. The molecule has 0 amide bonds. The van der Waals surface area contributed by atoms with Gasteiger partial charge in [0, 0.05) is 31.6 Å². The van der Waals surface area contributed by atoms with Gasteiger partial charge in [0.25, 0.3) is 5.69 Å². The Hall–Kier alpha value is -4.02. The Morgan fingerprint density at radius 2 is 1.38 bits per heavy atom. The molecule has 0 aliphatic carbocycles. The summed E-state index contributed by atoms with van der Waals surface area (Å²) < 4.78 is 2.46. The van der Waals surface area contributed by atoms with E-state index in [1.54, 1.807) is 17.4 Å². The van der Waals surface area contributed by atoms with Crippen LogP contribution in [0.5, 0.6) is 0 Å². The van der Waals surface area contributed by atoms with Gasteiger partial charge in [-0.2, -0.15) is 0 Å². The molecule has 0 aliphatic heterocycles. The van der Waals surface area contributed by atoms with Crippen LogP contribution in [0.3, 0.4) is 0 Å². The Bertz CT molecular complexity index is 1650. The van der Waals surface area contributed by atoms with Gasteiger partial charge in [0.1, 0.15) is 0 Å². The lowest BCUT2D eigenvalue weighted by atomic mass is 9.95. The summed E-state index contributed by atoms with van der Waals surface area (Å²) in [5, 5.41) is 16.6. The SMILES string of the molecule is O=[N+]([O-])c1ccc(-c2ccccc2)cc1-c1ccc2ccc3c4ccccc4sc3c2c1. The molecule has 3 nitrogen and oxygen atoms in total. The first-order valence-electron chi connectivity index (χ1n) is 10.4. The van der Waals surface area contributed by atoms with Gasteiger partial charge < -0.3 is 0 Å². The molecule has 5 aromatic carbocycles. The molecule has 6 aromatic rings. The first-order chi connectivity index (χ1) is 15.7. The Balaban J connectivity index is 1.62. The third-order valence-electron chi connectivity index (χ3n) is 5.97. The molecule has 0 atom stereocenters. The molecule has 0 N–H and O–H groups in total. The number of hydrogen-bond donors (Lipinski definition) is 0. The van der Waals surface area contributed by atoms with Crippen molar-refractivity contribution in [3.05, 3.63) is 113 Å². The minimum atomic E-state index is -0.297. The number of benzene rings is 5. The Labute approximate surface area is 188 Å². The van der Waals surface area contributed by atoms with Crippen LogP contribution < -0.4 is 0 Å². The molecule has 6 rings (SSSR count). The van der Waals surface area contributed by atoms with Crippen LogP contribution in [0.1, 0.15) is 0 Å². The summed E-state index contributed by atoms with van der Waals surface area (Å²) in [6.45, 7) is 0. The molecule has 0 saturated heterocycles. The Morgan fingerprint density at radius 3 is 2.22 bits per heavy atom. The highest BCUT2D eigenvalue weighted by Gasteiger charge is 2.18. The summed E-state index contributed by atoms with van der Waals surface area (Å²) >= 11 is 1.77. The zero-order chi connectivity index (χ0) is 21.7. The van der Waals surface area contributed by atoms with Crippen molar-refractivity contribution in [2.24, 2.45) is 0 Å². The van der Waals surface area contributed by atoms with Crippen molar-refractivity contribution < 1.29 is 4.92 Å². The summed E-state index contributed by atoms with van der Waals surface area (Å²) in [4.78, 5) is 11.5. The van der Waals surface area contributed by atoms with Gasteiger partial charge >= 0.3 is 0 Å². The van der Waals surface area contributed by atoms with Crippen molar-refractivity contribution in [1.29, 1.82) is 0 Å². The fraction of sp³-hybridized carbons (Fsp3) is 0. The molecule has 1 aromatic heterocycles. The number of nitro benzene ring substituents is 1. The van der Waals surface area contributed by atoms with Gasteiger partial charge in [0.15, 0.2) is 0 Å². The second kappa shape index (κ2) is 7.29. The van der Waals surface area contributed by atoms with Gasteiger partial charge in [-0.15, -0.1) is 11.3 Å². The topological polar surface area (TPSA) is 43.1 Å². The van der Waals surface area contributed by atoms with Crippen LogP contribution >= 0.6 is 11.3 Å². The van der Waals surface area contributed by atoms with Crippen LogP contribution in [-0.4, -0.2) is 4.92 Å². The molecule has 0 bridgehead atoms. The van der Waals surface area contributed by atoms with Gasteiger partial charge in [-0.05, 0) is 46.3 Å². The number of nitro groups is 1. The first kappa shape index (κ1) is 18.7. The molecule has 32 heavy (non-hydrogen) atoms. The van der Waals surface area contributed by atoms with E-state index in [-0.39, 0.29) is 10.6 Å². The van der Waals surface area contributed by atoms with Gasteiger partial charge in [-0.3, -0.25) is 10.1 Å². The molecule has 0 saturated carbocycles. The number of fused-ring (bicyclic) bond motifs is 5. The smallest absolute Gasteiger partial charge is 0.258 e. The summed E-state index contributed by atoms with van der Waals surface area (Å²) in [5.41, 5.74) is 3.61.